The molecule has 0 radical (unpaired) electrons. The number of aryl methyl sites for hydroxylation is 2. The van der Waals surface area contributed by atoms with E-state index in [2.05, 4.69) is 34.4 Å². The number of hydrogen-bond donors (Lipinski definition) is 1. The molecular formula is C18H24N4O. The van der Waals surface area contributed by atoms with Crippen LogP contribution in [-0.2, 0) is 7.05 Å². The lowest BCUT2D eigenvalue weighted by molar-refractivity contribution is 0.102. The number of anilines is 2. The Balaban J connectivity index is 1.64. The zero-order valence-corrected chi connectivity index (χ0v) is 14.0. The van der Waals surface area contributed by atoms with Crippen LogP contribution in [0, 0.1) is 12.8 Å². The molecule has 1 aliphatic heterocycles. The summed E-state index contributed by atoms with van der Waals surface area (Å²) in [7, 11) is 1.83. The highest BCUT2D eigenvalue weighted by Gasteiger charge is 2.16. The Kier molecular flexibility index (Phi) is 4.37. The first kappa shape index (κ1) is 15.6. The van der Waals surface area contributed by atoms with Crippen LogP contribution in [0.5, 0.6) is 0 Å². The summed E-state index contributed by atoms with van der Waals surface area (Å²) in [6.07, 6.45) is 2.50. The zero-order valence-electron chi connectivity index (χ0n) is 14.0. The highest BCUT2D eigenvalue weighted by atomic mass is 16.1. The van der Waals surface area contributed by atoms with Crippen molar-refractivity contribution >= 4 is 17.3 Å². The molecule has 5 heteroatoms. The van der Waals surface area contributed by atoms with Gasteiger partial charge in [0.15, 0.2) is 5.69 Å². The number of carbonyl (C=O) groups is 1. The van der Waals surface area contributed by atoms with Crippen molar-refractivity contribution in [3.8, 4) is 0 Å². The van der Waals surface area contributed by atoms with Gasteiger partial charge in [0.05, 0.1) is 0 Å². The summed E-state index contributed by atoms with van der Waals surface area (Å²) >= 11 is 0. The Labute approximate surface area is 137 Å². The number of nitrogens with zero attached hydrogens (tertiary/aromatic N) is 3. The monoisotopic (exact) mass is 312 g/mol. The van der Waals surface area contributed by atoms with Crippen molar-refractivity contribution in [1.82, 2.24) is 9.78 Å². The maximum absolute atomic E-state index is 12.2. The molecule has 1 fully saturated rings. The fourth-order valence-electron chi connectivity index (χ4n) is 2.89. The normalized spacial score (nSPS) is 15.7. The fourth-order valence-corrected chi connectivity index (χ4v) is 2.89. The SMILES string of the molecule is Cc1cc(C(=O)Nc2ccc(N3CCC(C)CC3)cc2)nn1C. The molecule has 3 rings (SSSR count). The van der Waals surface area contributed by atoms with Crippen LogP contribution in [0.25, 0.3) is 0 Å². The van der Waals surface area contributed by atoms with Gasteiger partial charge in [-0.1, -0.05) is 6.92 Å². The van der Waals surface area contributed by atoms with E-state index in [-0.39, 0.29) is 5.91 Å². The lowest BCUT2D eigenvalue weighted by Crippen LogP contribution is -2.32. The van der Waals surface area contributed by atoms with Crippen LogP contribution in [0.2, 0.25) is 0 Å². The molecule has 122 valence electrons. The van der Waals surface area contributed by atoms with E-state index in [0.717, 1.165) is 30.4 Å². The van der Waals surface area contributed by atoms with Gasteiger partial charge in [-0.25, -0.2) is 0 Å². The summed E-state index contributed by atoms with van der Waals surface area (Å²) in [6.45, 7) is 6.47. The molecule has 1 amide bonds. The van der Waals surface area contributed by atoms with E-state index in [1.165, 1.54) is 18.5 Å². The first-order valence-electron chi connectivity index (χ1n) is 8.20. The highest BCUT2D eigenvalue weighted by Crippen LogP contribution is 2.24. The quantitative estimate of drug-likeness (QED) is 0.947. The second kappa shape index (κ2) is 6.44. The fraction of sp³-hybridized carbons (Fsp3) is 0.444. The van der Waals surface area contributed by atoms with Crippen LogP contribution in [0.4, 0.5) is 11.4 Å². The zero-order chi connectivity index (χ0) is 16.4. The molecular weight excluding hydrogens is 288 g/mol. The number of aromatic nitrogens is 2. The minimum atomic E-state index is -0.173. The third-order valence-corrected chi connectivity index (χ3v) is 4.62. The van der Waals surface area contributed by atoms with Crippen LogP contribution >= 0.6 is 0 Å². The van der Waals surface area contributed by atoms with Gasteiger partial charge in [0.1, 0.15) is 0 Å². The standard InChI is InChI=1S/C18H24N4O/c1-13-8-10-22(11-9-13)16-6-4-15(5-7-16)19-18(23)17-12-14(2)21(3)20-17/h4-7,12-13H,8-11H2,1-3H3,(H,19,23). The van der Waals surface area contributed by atoms with Crippen molar-refractivity contribution in [1.29, 1.82) is 0 Å². The molecule has 1 aromatic carbocycles. The lowest BCUT2D eigenvalue weighted by Gasteiger charge is -2.32. The second-order valence-corrected chi connectivity index (χ2v) is 6.47. The van der Waals surface area contributed by atoms with E-state index in [1.807, 2.05) is 26.1 Å². The van der Waals surface area contributed by atoms with Gasteiger partial charge in [-0.05, 0) is 56.0 Å². The van der Waals surface area contributed by atoms with E-state index in [1.54, 1.807) is 10.7 Å². The molecule has 1 N–H and O–H groups in total. The number of benzene rings is 1. The minimum absolute atomic E-state index is 0.173. The molecule has 5 nitrogen and oxygen atoms in total. The van der Waals surface area contributed by atoms with E-state index in [0.29, 0.717) is 5.69 Å². The Morgan fingerprint density at radius 2 is 1.87 bits per heavy atom. The predicted octanol–water partition coefficient (Wildman–Crippen LogP) is 3.22. The molecule has 0 bridgehead atoms. The molecule has 2 heterocycles. The second-order valence-electron chi connectivity index (χ2n) is 6.47. The number of hydrogen-bond acceptors (Lipinski definition) is 3. The van der Waals surface area contributed by atoms with Crippen LogP contribution < -0.4 is 10.2 Å². The van der Waals surface area contributed by atoms with E-state index >= 15 is 0 Å². The van der Waals surface area contributed by atoms with Crippen molar-refractivity contribution in [3.05, 3.63) is 41.7 Å². The summed E-state index contributed by atoms with van der Waals surface area (Å²) in [5.74, 6) is 0.653. The summed E-state index contributed by atoms with van der Waals surface area (Å²) in [5, 5.41) is 7.10. The van der Waals surface area contributed by atoms with Crippen LogP contribution in [0.1, 0.15) is 35.9 Å². The van der Waals surface area contributed by atoms with Gasteiger partial charge in [-0.3, -0.25) is 9.48 Å². The number of amides is 1. The van der Waals surface area contributed by atoms with E-state index in [4.69, 9.17) is 0 Å². The molecule has 0 saturated carbocycles. The van der Waals surface area contributed by atoms with Crippen molar-refractivity contribution in [2.75, 3.05) is 23.3 Å². The average Bonchev–Trinajstić information content (AvgIpc) is 2.88. The molecule has 1 aromatic heterocycles. The van der Waals surface area contributed by atoms with Gasteiger partial charge < -0.3 is 10.2 Å². The molecule has 0 aliphatic carbocycles. The number of piperidine rings is 1. The Morgan fingerprint density at radius 1 is 1.22 bits per heavy atom. The molecule has 2 aromatic rings. The lowest BCUT2D eigenvalue weighted by atomic mass is 9.99. The van der Waals surface area contributed by atoms with Crippen LogP contribution in [-0.4, -0.2) is 28.8 Å². The predicted molar refractivity (Wildman–Crippen MR) is 93.0 cm³/mol. The highest BCUT2D eigenvalue weighted by molar-refractivity contribution is 6.03. The summed E-state index contributed by atoms with van der Waals surface area (Å²) in [4.78, 5) is 14.6. The number of carbonyl (C=O) groups excluding carboxylic acids is 1. The molecule has 1 saturated heterocycles. The molecule has 0 atom stereocenters. The smallest absolute Gasteiger partial charge is 0.276 e. The van der Waals surface area contributed by atoms with Crippen LogP contribution in [0.15, 0.2) is 30.3 Å². The Hall–Kier alpha value is -2.30. The first-order chi connectivity index (χ1) is 11.0. The molecule has 0 spiro atoms. The average molecular weight is 312 g/mol. The maximum Gasteiger partial charge on any atom is 0.276 e. The van der Waals surface area contributed by atoms with Gasteiger partial charge in [-0.15, -0.1) is 0 Å². The number of rotatable bonds is 3. The van der Waals surface area contributed by atoms with Crippen molar-refractivity contribution in [3.63, 3.8) is 0 Å². The van der Waals surface area contributed by atoms with Gasteiger partial charge in [0.2, 0.25) is 0 Å². The van der Waals surface area contributed by atoms with Gasteiger partial charge in [0.25, 0.3) is 5.91 Å². The Morgan fingerprint density at radius 3 is 2.43 bits per heavy atom. The number of nitrogens with one attached hydrogen (secondary N) is 1. The molecule has 0 unspecified atom stereocenters. The van der Waals surface area contributed by atoms with Gasteiger partial charge in [-0.2, -0.15) is 5.10 Å². The summed E-state index contributed by atoms with van der Waals surface area (Å²) in [6, 6.07) is 9.87. The first-order valence-corrected chi connectivity index (χ1v) is 8.20. The molecule has 1 aliphatic rings. The third kappa shape index (κ3) is 3.55. The minimum Gasteiger partial charge on any atom is -0.372 e. The largest absolute Gasteiger partial charge is 0.372 e. The Bertz CT molecular complexity index is 662. The maximum atomic E-state index is 12.2. The van der Waals surface area contributed by atoms with E-state index in [9.17, 15) is 4.79 Å². The van der Waals surface area contributed by atoms with E-state index < -0.39 is 0 Å². The van der Waals surface area contributed by atoms with Gasteiger partial charge >= 0.3 is 0 Å². The molecule has 23 heavy (non-hydrogen) atoms. The summed E-state index contributed by atoms with van der Waals surface area (Å²) < 4.78 is 1.70. The topological polar surface area (TPSA) is 50.2 Å². The van der Waals surface area contributed by atoms with Crippen molar-refractivity contribution in [2.45, 2.75) is 26.7 Å². The van der Waals surface area contributed by atoms with Crippen LogP contribution in [0.3, 0.4) is 0 Å². The van der Waals surface area contributed by atoms with Crippen molar-refractivity contribution < 1.29 is 4.79 Å². The third-order valence-electron chi connectivity index (χ3n) is 4.62. The van der Waals surface area contributed by atoms with Gasteiger partial charge in [0, 0.05) is 37.2 Å². The van der Waals surface area contributed by atoms with Crippen molar-refractivity contribution in [2.24, 2.45) is 13.0 Å². The summed E-state index contributed by atoms with van der Waals surface area (Å²) in [5.41, 5.74) is 3.43.